The van der Waals surface area contributed by atoms with E-state index in [4.69, 9.17) is 4.74 Å². The van der Waals surface area contributed by atoms with Crippen molar-refractivity contribution < 1.29 is 19.4 Å². The van der Waals surface area contributed by atoms with Gasteiger partial charge >= 0.3 is 0 Å². The van der Waals surface area contributed by atoms with E-state index in [1.165, 1.54) is 6.08 Å². The summed E-state index contributed by atoms with van der Waals surface area (Å²) in [5.74, 6) is 0.706. The highest BCUT2D eigenvalue weighted by Gasteiger charge is 2.23. The normalized spacial score (nSPS) is 14.1. The molecule has 1 saturated heterocycles. The van der Waals surface area contributed by atoms with Crippen molar-refractivity contribution in [2.24, 2.45) is 5.92 Å². The zero-order chi connectivity index (χ0) is 24.5. The molecule has 0 saturated carbocycles. The van der Waals surface area contributed by atoms with E-state index < -0.39 is 0 Å². The largest absolute Gasteiger partial charge is 0.489 e. The second-order valence-corrected chi connectivity index (χ2v) is 8.66. The first-order chi connectivity index (χ1) is 17.1. The summed E-state index contributed by atoms with van der Waals surface area (Å²) < 4.78 is 5.79. The number of benzene rings is 3. The van der Waals surface area contributed by atoms with E-state index in [-0.39, 0.29) is 24.3 Å². The SMILES string of the molecule is O=C(C=Cc1ccc(OCc2ccccc2)cc1)Nc1cccc(C(=O)N2CCC(CO)CC2)c1. The van der Waals surface area contributed by atoms with Crippen molar-refractivity contribution in [3.05, 3.63) is 102 Å². The molecule has 6 heteroatoms. The van der Waals surface area contributed by atoms with Crippen LogP contribution in [0.3, 0.4) is 0 Å². The van der Waals surface area contributed by atoms with Gasteiger partial charge in [0.2, 0.25) is 5.91 Å². The molecule has 0 aromatic heterocycles. The van der Waals surface area contributed by atoms with Crippen LogP contribution < -0.4 is 10.1 Å². The molecule has 4 rings (SSSR count). The number of likely N-dealkylation sites (tertiary alicyclic amines) is 1. The monoisotopic (exact) mass is 470 g/mol. The molecule has 2 amide bonds. The summed E-state index contributed by atoms with van der Waals surface area (Å²) in [6, 6.07) is 24.5. The Bertz CT molecular complexity index is 1150. The number of amides is 2. The third kappa shape index (κ3) is 7.04. The van der Waals surface area contributed by atoms with Crippen molar-refractivity contribution in [2.45, 2.75) is 19.4 Å². The van der Waals surface area contributed by atoms with Crippen molar-refractivity contribution >= 4 is 23.6 Å². The van der Waals surface area contributed by atoms with Crippen LogP contribution in [0.1, 0.15) is 34.3 Å². The lowest BCUT2D eigenvalue weighted by Gasteiger charge is -2.31. The molecule has 1 heterocycles. The molecule has 35 heavy (non-hydrogen) atoms. The average Bonchev–Trinajstić information content (AvgIpc) is 2.91. The molecule has 0 spiro atoms. The highest BCUT2D eigenvalue weighted by Crippen LogP contribution is 2.20. The van der Waals surface area contributed by atoms with Gasteiger partial charge in [-0.1, -0.05) is 48.5 Å². The van der Waals surface area contributed by atoms with Crippen molar-refractivity contribution in [2.75, 3.05) is 25.0 Å². The van der Waals surface area contributed by atoms with Crippen molar-refractivity contribution in [1.82, 2.24) is 4.90 Å². The highest BCUT2D eigenvalue weighted by molar-refractivity contribution is 6.03. The fourth-order valence-corrected chi connectivity index (χ4v) is 4.00. The van der Waals surface area contributed by atoms with E-state index in [2.05, 4.69) is 5.32 Å². The Kier molecular flexibility index (Phi) is 8.30. The van der Waals surface area contributed by atoms with E-state index >= 15 is 0 Å². The van der Waals surface area contributed by atoms with Crippen LogP contribution in [0, 0.1) is 5.92 Å². The summed E-state index contributed by atoms with van der Waals surface area (Å²) in [5, 5.41) is 12.1. The number of aliphatic hydroxyl groups excluding tert-OH is 1. The molecule has 0 radical (unpaired) electrons. The van der Waals surface area contributed by atoms with Gasteiger partial charge in [-0.2, -0.15) is 0 Å². The maximum atomic E-state index is 12.8. The van der Waals surface area contributed by atoms with Crippen LogP contribution in [-0.4, -0.2) is 41.5 Å². The summed E-state index contributed by atoms with van der Waals surface area (Å²) >= 11 is 0. The van der Waals surface area contributed by atoms with E-state index in [1.54, 1.807) is 35.2 Å². The third-order valence-electron chi connectivity index (χ3n) is 6.09. The number of ether oxygens (including phenoxy) is 1. The number of anilines is 1. The molecule has 6 nitrogen and oxygen atoms in total. The fourth-order valence-electron chi connectivity index (χ4n) is 4.00. The first-order valence-electron chi connectivity index (χ1n) is 11.9. The minimum absolute atomic E-state index is 0.0531. The number of piperidine rings is 1. The van der Waals surface area contributed by atoms with Crippen LogP contribution in [0.2, 0.25) is 0 Å². The topological polar surface area (TPSA) is 78.9 Å². The maximum Gasteiger partial charge on any atom is 0.253 e. The Balaban J connectivity index is 1.29. The molecule has 1 fully saturated rings. The van der Waals surface area contributed by atoms with Crippen molar-refractivity contribution in [3.63, 3.8) is 0 Å². The average molecular weight is 471 g/mol. The highest BCUT2D eigenvalue weighted by atomic mass is 16.5. The fraction of sp³-hybridized carbons (Fsp3) is 0.241. The van der Waals surface area contributed by atoms with Crippen LogP contribution in [0.25, 0.3) is 6.08 Å². The molecule has 0 atom stereocenters. The second kappa shape index (κ2) is 12.0. The molecule has 1 aliphatic rings. The number of hydrogen-bond acceptors (Lipinski definition) is 4. The zero-order valence-corrected chi connectivity index (χ0v) is 19.6. The second-order valence-electron chi connectivity index (χ2n) is 8.66. The first kappa shape index (κ1) is 24.2. The van der Waals surface area contributed by atoms with Crippen molar-refractivity contribution in [3.8, 4) is 5.75 Å². The van der Waals surface area contributed by atoms with Gasteiger partial charge in [-0.05, 0) is 66.3 Å². The number of hydrogen-bond donors (Lipinski definition) is 2. The maximum absolute atomic E-state index is 12.8. The van der Waals surface area contributed by atoms with Crippen molar-refractivity contribution in [1.29, 1.82) is 0 Å². The van der Waals surface area contributed by atoms with Crippen LogP contribution in [-0.2, 0) is 11.4 Å². The molecular weight excluding hydrogens is 440 g/mol. The number of aliphatic hydroxyl groups is 1. The van der Waals surface area contributed by atoms with Gasteiger partial charge in [-0.15, -0.1) is 0 Å². The van der Waals surface area contributed by atoms with Gasteiger partial charge in [0.15, 0.2) is 0 Å². The van der Waals surface area contributed by atoms with Crippen LogP contribution in [0.15, 0.2) is 84.9 Å². The van der Waals surface area contributed by atoms with E-state index in [0.717, 1.165) is 29.7 Å². The Hall–Kier alpha value is -3.90. The summed E-state index contributed by atoms with van der Waals surface area (Å²) in [6.45, 7) is 1.95. The predicted octanol–water partition coefficient (Wildman–Crippen LogP) is 4.76. The molecule has 3 aromatic rings. The van der Waals surface area contributed by atoms with Gasteiger partial charge in [0.1, 0.15) is 12.4 Å². The van der Waals surface area contributed by atoms with Gasteiger partial charge in [0, 0.05) is 37.0 Å². The minimum atomic E-state index is -0.275. The van der Waals surface area contributed by atoms with Crippen LogP contribution >= 0.6 is 0 Å². The molecular formula is C29H30N2O4. The number of rotatable bonds is 8. The Labute approximate surface area is 205 Å². The smallest absolute Gasteiger partial charge is 0.253 e. The molecule has 0 unspecified atom stereocenters. The number of nitrogens with zero attached hydrogens (tertiary/aromatic N) is 1. The molecule has 3 aromatic carbocycles. The van der Waals surface area contributed by atoms with E-state index in [0.29, 0.717) is 30.9 Å². The Morgan fingerprint density at radius 2 is 1.71 bits per heavy atom. The number of nitrogens with one attached hydrogen (secondary N) is 1. The number of carbonyl (C=O) groups is 2. The van der Waals surface area contributed by atoms with Gasteiger partial charge in [-0.3, -0.25) is 9.59 Å². The first-order valence-corrected chi connectivity index (χ1v) is 11.9. The molecule has 0 aliphatic carbocycles. The lowest BCUT2D eigenvalue weighted by Crippen LogP contribution is -2.39. The quantitative estimate of drug-likeness (QED) is 0.465. The van der Waals surface area contributed by atoms with Gasteiger partial charge in [-0.25, -0.2) is 0 Å². The van der Waals surface area contributed by atoms with Crippen LogP contribution in [0.5, 0.6) is 5.75 Å². The minimum Gasteiger partial charge on any atom is -0.489 e. The summed E-state index contributed by atoms with van der Waals surface area (Å²) in [5.41, 5.74) is 3.09. The lowest BCUT2D eigenvalue weighted by molar-refractivity contribution is -0.111. The summed E-state index contributed by atoms with van der Waals surface area (Å²) in [6.07, 6.45) is 4.82. The summed E-state index contributed by atoms with van der Waals surface area (Å²) in [4.78, 5) is 27.1. The van der Waals surface area contributed by atoms with Gasteiger partial charge in [0.25, 0.3) is 5.91 Å². The summed E-state index contributed by atoms with van der Waals surface area (Å²) in [7, 11) is 0. The molecule has 1 aliphatic heterocycles. The molecule has 2 N–H and O–H groups in total. The number of carbonyl (C=O) groups excluding carboxylic acids is 2. The molecule has 180 valence electrons. The van der Waals surface area contributed by atoms with E-state index in [1.807, 2.05) is 54.6 Å². The van der Waals surface area contributed by atoms with Gasteiger partial charge < -0.3 is 20.1 Å². The Morgan fingerprint density at radius 3 is 2.43 bits per heavy atom. The van der Waals surface area contributed by atoms with E-state index in [9.17, 15) is 14.7 Å². The third-order valence-corrected chi connectivity index (χ3v) is 6.09. The Morgan fingerprint density at radius 1 is 0.971 bits per heavy atom. The predicted molar refractivity (Wildman–Crippen MR) is 137 cm³/mol. The van der Waals surface area contributed by atoms with Gasteiger partial charge in [0.05, 0.1) is 0 Å². The van der Waals surface area contributed by atoms with Crippen LogP contribution in [0.4, 0.5) is 5.69 Å². The standard InChI is InChI=1S/C29H30N2O4/c32-20-23-15-17-31(18-16-23)29(34)25-7-4-8-26(19-25)30-28(33)14-11-22-9-12-27(13-10-22)35-21-24-5-2-1-3-6-24/h1-14,19,23,32H,15-18,20-21H2,(H,30,33). The zero-order valence-electron chi connectivity index (χ0n) is 19.6. The molecule has 0 bridgehead atoms. The lowest BCUT2D eigenvalue weighted by atomic mass is 9.97.